The standard InChI is InChI=1S/C22H27NO2/c1-4-5-16-25-21-9-7-6-8-19(21)12-15-22(24)23-20-13-10-18(11-14-20)17(2)3/h6-15,17H,4-5,16H2,1-3H3,(H,23,24). The van der Waals surface area contributed by atoms with Gasteiger partial charge in [-0.05, 0) is 42.2 Å². The fraction of sp³-hybridized carbons (Fsp3) is 0.318. The van der Waals surface area contributed by atoms with Crippen LogP contribution in [0.15, 0.2) is 54.6 Å². The number of amides is 1. The molecule has 0 saturated heterocycles. The highest BCUT2D eigenvalue weighted by molar-refractivity contribution is 6.02. The first-order valence-electron chi connectivity index (χ1n) is 8.91. The molecule has 0 radical (unpaired) electrons. The van der Waals surface area contributed by atoms with E-state index in [9.17, 15) is 4.79 Å². The van der Waals surface area contributed by atoms with Gasteiger partial charge in [0.2, 0.25) is 5.91 Å². The van der Waals surface area contributed by atoms with Crippen LogP contribution in [0.1, 0.15) is 50.7 Å². The van der Waals surface area contributed by atoms with Crippen molar-refractivity contribution in [2.45, 2.75) is 39.5 Å². The average molecular weight is 337 g/mol. The molecule has 2 rings (SSSR count). The van der Waals surface area contributed by atoms with Crippen molar-refractivity contribution in [1.82, 2.24) is 0 Å². The Balaban J connectivity index is 1.98. The van der Waals surface area contributed by atoms with Gasteiger partial charge in [0.25, 0.3) is 0 Å². The topological polar surface area (TPSA) is 38.3 Å². The lowest BCUT2D eigenvalue weighted by molar-refractivity contribution is -0.111. The number of unbranched alkanes of at least 4 members (excludes halogenated alkanes) is 1. The van der Waals surface area contributed by atoms with Crippen molar-refractivity contribution in [2.24, 2.45) is 0 Å². The van der Waals surface area contributed by atoms with Gasteiger partial charge < -0.3 is 10.1 Å². The van der Waals surface area contributed by atoms with E-state index in [4.69, 9.17) is 4.74 Å². The number of benzene rings is 2. The van der Waals surface area contributed by atoms with Gasteiger partial charge in [-0.3, -0.25) is 4.79 Å². The molecule has 0 aliphatic heterocycles. The minimum atomic E-state index is -0.152. The number of rotatable bonds is 8. The molecule has 0 spiro atoms. The normalized spacial score (nSPS) is 11.0. The molecule has 25 heavy (non-hydrogen) atoms. The van der Waals surface area contributed by atoms with Crippen molar-refractivity contribution in [3.8, 4) is 5.75 Å². The van der Waals surface area contributed by atoms with Gasteiger partial charge in [-0.2, -0.15) is 0 Å². The highest BCUT2D eigenvalue weighted by Crippen LogP contribution is 2.20. The largest absolute Gasteiger partial charge is 0.493 e. The lowest BCUT2D eigenvalue weighted by Gasteiger charge is -2.09. The van der Waals surface area contributed by atoms with E-state index in [-0.39, 0.29) is 5.91 Å². The Bertz CT molecular complexity index is 702. The zero-order valence-corrected chi connectivity index (χ0v) is 15.3. The molecular weight excluding hydrogens is 310 g/mol. The van der Waals surface area contributed by atoms with Crippen LogP contribution in [0, 0.1) is 0 Å². The molecule has 0 heterocycles. The zero-order chi connectivity index (χ0) is 18.1. The van der Waals surface area contributed by atoms with Crippen LogP contribution in [0.4, 0.5) is 5.69 Å². The molecule has 0 bridgehead atoms. The van der Waals surface area contributed by atoms with Crippen molar-refractivity contribution in [3.05, 3.63) is 65.7 Å². The van der Waals surface area contributed by atoms with Crippen LogP contribution in [0.3, 0.4) is 0 Å². The van der Waals surface area contributed by atoms with E-state index >= 15 is 0 Å². The first-order valence-corrected chi connectivity index (χ1v) is 8.91. The van der Waals surface area contributed by atoms with E-state index in [1.54, 1.807) is 12.2 Å². The molecule has 0 aliphatic rings. The Morgan fingerprint density at radius 1 is 1.12 bits per heavy atom. The summed E-state index contributed by atoms with van der Waals surface area (Å²) in [5, 5.41) is 2.88. The summed E-state index contributed by atoms with van der Waals surface area (Å²) < 4.78 is 5.78. The van der Waals surface area contributed by atoms with Crippen LogP contribution < -0.4 is 10.1 Å². The monoisotopic (exact) mass is 337 g/mol. The SMILES string of the molecule is CCCCOc1ccccc1C=CC(=O)Nc1ccc(C(C)C)cc1. The number of nitrogens with one attached hydrogen (secondary N) is 1. The number of hydrogen-bond donors (Lipinski definition) is 1. The minimum absolute atomic E-state index is 0.152. The number of carbonyl (C=O) groups is 1. The third-order valence-electron chi connectivity index (χ3n) is 3.93. The molecule has 0 fully saturated rings. The van der Waals surface area contributed by atoms with Crippen LogP contribution >= 0.6 is 0 Å². The molecule has 3 heteroatoms. The fourth-order valence-corrected chi connectivity index (χ4v) is 2.38. The van der Waals surface area contributed by atoms with Crippen LogP contribution in [-0.4, -0.2) is 12.5 Å². The highest BCUT2D eigenvalue weighted by atomic mass is 16.5. The number of carbonyl (C=O) groups excluding carboxylic acids is 1. The van der Waals surface area contributed by atoms with Crippen molar-refractivity contribution in [1.29, 1.82) is 0 Å². The molecule has 1 amide bonds. The molecule has 3 nitrogen and oxygen atoms in total. The fourth-order valence-electron chi connectivity index (χ4n) is 2.38. The van der Waals surface area contributed by atoms with Crippen LogP contribution in [0.5, 0.6) is 5.75 Å². The molecule has 2 aromatic rings. The van der Waals surface area contributed by atoms with Gasteiger partial charge in [0.15, 0.2) is 0 Å². The molecule has 0 atom stereocenters. The van der Waals surface area contributed by atoms with Gasteiger partial charge in [-0.15, -0.1) is 0 Å². The summed E-state index contributed by atoms with van der Waals surface area (Å²) >= 11 is 0. The molecule has 132 valence electrons. The van der Waals surface area contributed by atoms with E-state index in [0.717, 1.165) is 29.8 Å². The van der Waals surface area contributed by atoms with Gasteiger partial charge in [-0.1, -0.05) is 57.5 Å². The summed E-state index contributed by atoms with van der Waals surface area (Å²) in [5.74, 6) is 1.14. The van der Waals surface area contributed by atoms with Gasteiger partial charge in [0, 0.05) is 17.3 Å². The summed E-state index contributed by atoms with van der Waals surface area (Å²) in [6.07, 6.45) is 5.44. The van der Waals surface area contributed by atoms with Gasteiger partial charge in [-0.25, -0.2) is 0 Å². The van der Waals surface area contributed by atoms with Crippen LogP contribution in [0.25, 0.3) is 6.08 Å². The molecular formula is C22H27NO2. The summed E-state index contributed by atoms with van der Waals surface area (Å²) in [6.45, 7) is 7.12. The predicted octanol–water partition coefficient (Wildman–Crippen LogP) is 5.64. The maximum Gasteiger partial charge on any atom is 0.248 e. The number of hydrogen-bond acceptors (Lipinski definition) is 2. The Morgan fingerprint density at radius 3 is 2.52 bits per heavy atom. The van der Waals surface area contributed by atoms with E-state index in [0.29, 0.717) is 12.5 Å². The van der Waals surface area contributed by atoms with Gasteiger partial charge in [0.1, 0.15) is 5.75 Å². The van der Waals surface area contributed by atoms with E-state index in [2.05, 4.69) is 26.1 Å². The van der Waals surface area contributed by atoms with Crippen molar-refractivity contribution in [2.75, 3.05) is 11.9 Å². The molecule has 0 saturated carbocycles. The molecule has 1 N–H and O–H groups in total. The van der Waals surface area contributed by atoms with E-state index in [1.165, 1.54) is 5.56 Å². The van der Waals surface area contributed by atoms with Crippen LogP contribution in [-0.2, 0) is 4.79 Å². The van der Waals surface area contributed by atoms with Crippen molar-refractivity contribution in [3.63, 3.8) is 0 Å². The molecule has 0 unspecified atom stereocenters. The van der Waals surface area contributed by atoms with Gasteiger partial charge >= 0.3 is 0 Å². The smallest absolute Gasteiger partial charge is 0.248 e. The summed E-state index contributed by atoms with van der Waals surface area (Å²) in [6, 6.07) is 15.7. The zero-order valence-electron chi connectivity index (χ0n) is 15.3. The lowest BCUT2D eigenvalue weighted by Crippen LogP contribution is -2.07. The lowest BCUT2D eigenvalue weighted by atomic mass is 10.0. The third-order valence-corrected chi connectivity index (χ3v) is 3.93. The Morgan fingerprint density at radius 2 is 1.84 bits per heavy atom. The first-order chi connectivity index (χ1) is 12.1. The third kappa shape index (κ3) is 6.11. The molecule has 2 aromatic carbocycles. The Kier molecular flexibility index (Phi) is 7.27. The van der Waals surface area contributed by atoms with E-state index < -0.39 is 0 Å². The van der Waals surface area contributed by atoms with Crippen molar-refractivity contribution >= 4 is 17.7 Å². The van der Waals surface area contributed by atoms with Gasteiger partial charge in [0.05, 0.1) is 6.61 Å². The number of anilines is 1. The quantitative estimate of drug-likeness (QED) is 0.500. The predicted molar refractivity (Wildman–Crippen MR) is 105 cm³/mol. The summed E-state index contributed by atoms with van der Waals surface area (Å²) in [4.78, 5) is 12.1. The first kappa shape index (κ1) is 18.8. The number of para-hydroxylation sites is 1. The number of ether oxygens (including phenoxy) is 1. The summed E-state index contributed by atoms with van der Waals surface area (Å²) in [5.41, 5.74) is 2.96. The Hall–Kier alpha value is -2.55. The van der Waals surface area contributed by atoms with Crippen molar-refractivity contribution < 1.29 is 9.53 Å². The van der Waals surface area contributed by atoms with Crippen LogP contribution in [0.2, 0.25) is 0 Å². The maximum atomic E-state index is 12.1. The Labute approximate surface area is 150 Å². The second-order valence-corrected chi connectivity index (χ2v) is 6.34. The average Bonchev–Trinajstić information content (AvgIpc) is 2.61. The van der Waals surface area contributed by atoms with E-state index in [1.807, 2.05) is 48.5 Å². The molecule has 0 aliphatic carbocycles. The molecule has 0 aromatic heterocycles. The highest BCUT2D eigenvalue weighted by Gasteiger charge is 2.03. The second kappa shape index (κ2) is 9.67. The minimum Gasteiger partial charge on any atom is -0.493 e. The summed E-state index contributed by atoms with van der Waals surface area (Å²) in [7, 11) is 0. The maximum absolute atomic E-state index is 12.1. The second-order valence-electron chi connectivity index (χ2n) is 6.34.